The molecule has 1 N–H and O–H groups in total. The highest BCUT2D eigenvalue weighted by Crippen LogP contribution is 2.28. The van der Waals surface area contributed by atoms with Gasteiger partial charge in [-0.05, 0) is 0 Å². The van der Waals surface area contributed by atoms with Gasteiger partial charge >= 0.3 is 16.2 Å². The lowest BCUT2D eigenvalue weighted by Gasteiger charge is -2.11. The second kappa shape index (κ2) is 4.28. The van der Waals surface area contributed by atoms with Crippen LogP contribution in [0.3, 0.4) is 0 Å². The fraction of sp³-hybridized carbons (Fsp3) is 0.375. The molecule has 10 heteroatoms. The number of aromatic carboxylic acids is 1. The molecule has 1 saturated heterocycles. The Morgan fingerprint density at radius 2 is 2.28 bits per heavy atom. The lowest BCUT2D eigenvalue weighted by atomic mass is 10.4. The van der Waals surface area contributed by atoms with Gasteiger partial charge in [0.25, 0.3) is 0 Å². The van der Waals surface area contributed by atoms with Crippen LogP contribution in [0.2, 0.25) is 0 Å². The van der Waals surface area contributed by atoms with E-state index in [9.17, 15) is 21.9 Å². The Morgan fingerprint density at radius 1 is 1.61 bits per heavy atom. The minimum Gasteiger partial charge on any atom is -0.476 e. The van der Waals surface area contributed by atoms with Crippen LogP contribution in [0.1, 0.15) is 16.9 Å². The monoisotopic (exact) mass is 294 g/mol. The topological polar surface area (TPSA) is 105 Å². The molecule has 18 heavy (non-hydrogen) atoms. The molecule has 1 fully saturated rings. The van der Waals surface area contributed by atoms with Crippen LogP contribution in [0.25, 0.3) is 0 Å². The van der Waals surface area contributed by atoms with Crippen molar-refractivity contribution in [3.05, 3.63) is 11.1 Å². The van der Waals surface area contributed by atoms with Crippen molar-refractivity contribution in [1.82, 2.24) is 4.98 Å². The second-order valence-corrected chi connectivity index (χ2v) is 6.08. The van der Waals surface area contributed by atoms with Gasteiger partial charge in [0.05, 0.1) is 0 Å². The molecular formula is C8H7FN2O5S2. The van der Waals surface area contributed by atoms with Crippen molar-refractivity contribution >= 4 is 38.6 Å². The number of amides is 1. The molecule has 2 rings (SSSR count). The highest BCUT2D eigenvalue weighted by molar-refractivity contribution is 7.87. The lowest BCUT2D eigenvalue weighted by Crippen LogP contribution is -2.26. The van der Waals surface area contributed by atoms with E-state index in [2.05, 4.69) is 4.98 Å². The first-order valence-electron chi connectivity index (χ1n) is 4.71. The zero-order chi connectivity index (χ0) is 13.5. The Balaban J connectivity index is 2.24. The van der Waals surface area contributed by atoms with Crippen LogP contribution in [-0.4, -0.2) is 42.2 Å². The minimum absolute atomic E-state index is 0.0588. The van der Waals surface area contributed by atoms with E-state index >= 15 is 0 Å². The van der Waals surface area contributed by atoms with Gasteiger partial charge in [0.2, 0.25) is 5.91 Å². The molecule has 0 bridgehead atoms. The van der Waals surface area contributed by atoms with Gasteiger partial charge in [0.15, 0.2) is 10.8 Å². The van der Waals surface area contributed by atoms with E-state index < -0.39 is 33.8 Å². The highest BCUT2D eigenvalue weighted by Gasteiger charge is 2.40. The Bertz CT molecular complexity index is 611. The van der Waals surface area contributed by atoms with Crippen molar-refractivity contribution in [1.29, 1.82) is 0 Å². The maximum atomic E-state index is 12.8. The minimum atomic E-state index is -4.79. The van der Waals surface area contributed by atoms with E-state index in [1.807, 2.05) is 0 Å². The highest BCUT2D eigenvalue weighted by atomic mass is 32.3. The van der Waals surface area contributed by atoms with Gasteiger partial charge in [-0.2, -0.15) is 8.42 Å². The molecule has 1 aliphatic rings. The third kappa shape index (κ3) is 2.34. The summed E-state index contributed by atoms with van der Waals surface area (Å²) in [5.74, 6) is -1.84. The van der Waals surface area contributed by atoms with Crippen molar-refractivity contribution in [2.75, 3.05) is 11.4 Å². The molecule has 1 aliphatic heterocycles. The number of carboxylic acids is 1. The Kier molecular flexibility index (Phi) is 3.07. The molecule has 1 unspecified atom stereocenters. The van der Waals surface area contributed by atoms with Crippen molar-refractivity contribution in [3.8, 4) is 0 Å². The van der Waals surface area contributed by atoms with Crippen LogP contribution < -0.4 is 4.90 Å². The van der Waals surface area contributed by atoms with Gasteiger partial charge in [-0.25, -0.2) is 9.78 Å². The number of hydrogen-bond donors (Lipinski definition) is 1. The van der Waals surface area contributed by atoms with E-state index in [-0.39, 0.29) is 17.4 Å². The number of carboxylic acid groups (broad SMARTS) is 1. The number of halogens is 1. The van der Waals surface area contributed by atoms with Crippen LogP contribution in [0.15, 0.2) is 5.38 Å². The van der Waals surface area contributed by atoms with Crippen molar-refractivity contribution < 1.29 is 27.0 Å². The number of anilines is 1. The quantitative estimate of drug-likeness (QED) is 0.801. The summed E-state index contributed by atoms with van der Waals surface area (Å²) in [5.41, 5.74) is -0.241. The summed E-state index contributed by atoms with van der Waals surface area (Å²) in [6.45, 7) is -0.343. The summed E-state index contributed by atoms with van der Waals surface area (Å²) in [6, 6.07) is 0. The van der Waals surface area contributed by atoms with Gasteiger partial charge in [-0.15, -0.1) is 15.2 Å². The molecule has 1 amide bonds. The molecule has 0 radical (unpaired) electrons. The SMILES string of the molecule is O=C(O)c1csc(N2CC(S(=O)(=O)F)CC2=O)n1. The van der Waals surface area contributed by atoms with E-state index in [1.165, 1.54) is 5.38 Å². The first-order chi connectivity index (χ1) is 8.29. The fourth-order valence-electron chi connectivity index (χ4n) is 1.53. The first kappa shape index (κ1) is 12.9. The van der Waals surface area contributed by atoms with Crippen LogP contribution in [0.5, 0.6) is 0 Å². The summed E-state index contributed by atoms with van der Waals surface area (Å²) in [5, 5.41) is 8.54. The second-order valence-electron chi connectivity index (χ2n) is 3.63. The smallest absolute Gasteiger partial charge is 0.355 e. The summed E-state index contributed by atoms with van der Waals surface area (Å²) >= 11 is 0.887. The van der Waals surface area contributed by atoms with Gasteiger partial charge in [0.1, 0.15) is 5.25 Å². The Hall–Kier alpha value is -1.55. The summed E-state index contributed by atoms with van der Waals surface area (Å²) < 4.78 is 34.2. The number of nitrogens with zero attached hydrogens (tertiary/aromatic N) is 2. The number of hydrogen-bond acceptors (Lipinski definition) is 6. The maximum Gasteiger partial charge on any atom is 0.355 e. The standard InChI is InChI=1S/C8H7FN2O5S2/c9-18(15,16)4-1-6(12)11(2-4)8-10-5(3-17-8)7(13)14/h3-4H,1-2H2,(H,13,14). The van der Waals surface area contributed by atoms with Crippen LogP contribution in [0, 0.1) is 0 Å². The predicted molar refractivity (Wildman–Crippen MR) is 59.9 cm³/mol. The molecule has 1 aromatic rings. The first-order valence-corrected chi connectivity index (χ1v) is 7.04. The normalized spacial score (nSPS) is 20.4. The van der Waals surface area contributed by atoms with Crippen LogP contribution in [0.4, 0.5) is 9.02 Å². The average Bonchev–Trinajstić information content (AvgIpc) is 2.81. The summed E-state index contributed by atoms with van der Waals surface area (Å²) in [7, 11) is -4.79. The number of carbonyl (C=O) groups is 2. The van der Waals surface area contributed by atoms with Crippen LogP contribution in [-0.2, 0) is 15.0 Å². The molecule has 0 spiro atoms. The third-order valence-corrected chi connectivity index (χ3v) is 4.41. The average molecular weight is 294 g/mol. The van der Waals surface area contributed by atoms with Crippen molar-refractivity contribution in [3.63, 3.8) is 0 Å². The molecule has 2 heterocycles. The molecule has 0 aliphatic carbocycles. The Labute approximate surface area is 105 Å². The summed E-state index contributed by atoms with van der Waals surface area (Å²) in [6.07, 6.45) is -0.458. The van der Waals surface area contributed by atoms with E-state index in [1.54, 1.807) is 0 Å². The summed E-state index contributed by atoms with van der Waals surface area (Å²) in [4.78, 5) is 26.8. The van der Waals surface area contributed by atoms with Crippen molar-refractivity contribution in [2.24, 2.45) is 0 Å². The molecule has 0 aromatic carbocycles. The largest absolute Gasteiger partial charge is 0.476 e. The van der Waals surface area contributed by atoms with E-state index in [4.69, 9.17) is 5.11 Å². The van der Waals surface area contributed by atoms with Crippen LogP contribution >= 0.6 is 11.3 Å². The molecule has 1 atom stereocenters. The molecule has 98 valence electrons. The molecular weight excluding hydrogens is 287 g/mol. The molecule has 1 aromatic heterocycles. The predicted octanol–water partition coefficient (Wildman–Crippen LogP) is 0.246. The number of thiazole rings is 1. The van der Waals surface area contributed by atoms with E-state index in [0.717, 1.165) is 16.2 Å². The number of rotatable bonds is 3. The van der Waals surface area contributed by atoms with E-state index in [0.29, 0.717) is 0 Å². The van der Waals surface area contributed by atoms with Gasteiger partial charge in [-0.1, -0.05) is 0 Å². The lowest BCUT2D eigenvalue weighted by molar-refractivity contribution is -0.117. The maximum absolute atomic E-state index is 12.8. The molecule has 0 saturated carbocycles. The fourth-order valence-corrected chi connectivity index (χ4v) is 3.03. The Morgan fingerprint density at radius 3 is 2.72 bits per heavy atom. The van der Waals surface area contributed by atoms with Gasteiger partial charge < -0.3 is 5.11 Å². The number of aromatic nitrogens is 1. The molecule has 7 nitrogen and oxygen atoms in total. The zero-order valence-electron chi connectivity index (χ0n) is 8.74. The third-order valence-electron chi connectivity index (χ3n) is 2.43. The number of carbonyl (C=O) groups excluding carboxylic acids is 1. The van der Waals surface area contributed by atoms with Crippen molar-refractivity contribution in [2.45, 2.75) is 11.7 Å². The zero-order valence-corrected chi connectivity index (χ0v) is 10.4. The van der Waals surface area contributed by atoms with Gasteiger partial charge in [0, 0.05) is 18.3 Å². The van der Waals surface area contributed by atoms with Gasteiger partial charge in [-0.3, -0.25) is 9.69 Å².